The van der Waals surface area contributed by atoms with Crippen LogP contribution in [0.25, 0.3) is 0 Å². The molecule has 0 unspecified atom stereocenters. The number of benzene rings is 1. The van der Waals surface area contributed by atoms with Crippen LogP contribution in [0.15, 0.2) is 36.5 Å². The van der Waals surface area contributed by atoms with Gasteiger partial charge in [0.1, 0.15) is 23.5 Å². The molecular weight excluding hydrogens is 438 g/mol. The Balaban J connectivity index is 1.44. The third kappa shape index (κ3) is 3.59. The van der Waals surface area contributed by atoms with Crippen LogP contribution in [0.2, 0.25) is 0 Å². The van der Waals surface area contributed by atoms with Crippen LogP contribution in [0.5, 0.6) is 11.5 Å². The Kier molecular flexibility index (Phi) is 5.64. The number of thiocarbonyl (C=S) groups is 1. The van der Waals surface area contributed by atoms with Gasteiger partial charge >= 0.3 is 0 Å². The van der Waals surface area contributed by atoms with E-state index in [-0.39, 0.29) is 17.7 Å². The van der Waals surface area contributed by atoms with Crippen molar-refractivity contribution in [1.82, 2.24) is 10.3 Å². The molecule has 1 aliphatic carbocycles. The fourth-order valence-corrected chi connectivity index (χ4v) is 5.25. The SMILES string of the molecule is COc1cc(N2C(=O)C3(CCC3)N(c3ccc(OC4CCNCC4)cc3)C2=S)cnc1C#N. The summed E-state index contributed by atoms with van der Waals surface area (Å²) in [5.74, 6) is 1.07. The number of pyridine rings is 1. The molecule has 1 amide bonds. The Hall–Kier alpha value is -3.22. The van der Waals surface area contributed by atoms with Crippen LogP contribution in [-0.4, -0.2) is 47.8 Å². The number of rotatable bonds is 5. The van der Waals surface area contributed by atoms with Crippen LogP contribution in [0.1, 0.15) is 37.8 Å². The van der Waals surface area contributed by atoms with E-state index in [0.717, 1.165) is 56.6 Å². The Labute approximate surface area is 198 Å². The Morgan fingerprint density at radius 3 is 2.55 bits per heavy atom. The van der Waals surface area contributed by atoms with E-state index in [9.17, 15) is 10.1 Å². The number of nitrogens with one attached hydrogen (secondary N) is 1. The monoisotopic (exact) mass is 463 g/mol. The van der Waals surface area contributed by atoms with Gasteiger partial charge in [0.15, 0.2) is 16.6 Å². The number of amides is 1. The zero-order valence-corrected chi connectivity index (χ0v) is 19.2. The summed E-state index contributed by atoms with van der Waals surface area (Å²) in [6.07, 6.45) is 6.13. The van der Waals surface area contributed by atoms with Crippen molar-refractivity contribution in [2.75, 3.05) is 30.0 Å². The number of anilines is 2. The number of carbonyl (C=O) groups excluding carboxylic acids is 1. The third-order valence-corrected chi connectivity index (χ3v) is 7.06. The summed E-state index contributed by atoms with van der Waals surface area (Å²) < 4.78 is 11.4. The molecule has 2 aromatic rings. The number of carbonyl (C=O) groups is 1. The lowest BCUT2D eigenvalue weighted by Crippen LogP contribution is -2.55. The topological polar surface area (TPSA) is 90.7 Å². The molecule has 1 saturated carbocycles. The second kappa shape index (κ2) is 8.61. The smallest absolute Gasteiger partial charge is 0.259 e. The molecule has 1 spiro atoms. The van der Waals surface area contributed by atoms with Gasteiger partial charge in [-0.2, -0.15) is 5.26 Å². The van der Waals surface area contributed by atoms with Gasteiger partial charge in [0.25, 0.3) is 5.91 Å². The van der Waals surface area contributed by atoms with Crippen LogP contribution in [0.4, 0.5) is 11.4 Å². The van der Waals surface area contributed by atoms with Crippen molar-refractivity contribution in [2.45, 2.75) is 43.7 Å². The predicted molar refractivity (Wildman–Crippen MR) is 128 cm³/mol. The standard InChI is InChI=1S/C24H25N5O3S/c1-31-21-13-17(15-27-20(21)14-25)28-22(30)24(9-2-10-24)29(23(28)33)16-3-5-18(6-4-16)32-19-7-11-26-12-8-19/h3-6,13,15,19,26H,2,7-12H2,1H3. The largest absolute Gasteiger partial charge is 0.494 e. The molecule has 1 aromatic heterocycles. The fraction of sp³-hybridized carbons (Fsp3) is 0.417. The first-order chi connectivity index (χ1) is 16.1. The molecule has 1 N–H and O–H groups in total. The maximum absolute atomic E-state index is 13.6. The molecule has 2 aliphatic heterocycles. The minimum absolute atomic E-state index is 0.0673. The normalized spacial score (nSPS) is 20.0. The van der Waals surface area contributed by atoms with Gasteiger partial charge in [-0.25, -0.2) is 4.98 Å². The summed E-state index contributed by atoms with van der Waals surface area (Å²) in [5, 5.41) is 13.0. The summed E-state index contributed by atoms with van der Waals surface area (Å²) in [4.78, 5) is 21.3. The van der Waals surface area contributed by atoms with E-state index in [2.05, 4.69) is 10.3 Å². The van der Waals surface area contributed by atoms with Crippen LogP contribution < -0.4 is 24.6 Å². The molecule has 3 fully saturated rings. The molecule has 3 heterocycles. The van der Waals surface area contributed by atoms with E-state index in [1.54, 1.807) is 6.07 Å². The molecule has 8 nitrogen and oxygen atoms in total. The molecule has 5 rings (SSSR count). The van der Waals surface area contributed by atoms with Crippen LogP contribution in [0, 0.1) is 11.3 Å². The molecular formula is C24H25N5O3S. The summed E-state index contributed by atoms with van der Waals surface area (Å²) in [6.45, 7) is 1.94. The van der Waals surface area contributed by atoms with Crippen LogP contribution in [-0.2, 0) is 4.79 Å². The average molecular weight is 464 g/mol. The molecule has 9 heteroatoms. The highest BCUT2D eigenvalue weighted by Crippen LogP contribution is 2.48. The first kappa shape index (κ1) is 21.6. The van der Waals surface area contributed by atoms with E-state index < -0.39 is 5.54 Å². The van der Waals surface area contributed by atoms with E-state index in [1.807, 2.05) is 35.2 Å². The van der Waals surface area contributed by atoms with Crippen molar-refractivity contribution in [2.24, 2.45) is 0 Å². The minimum Gasteiger partial charge on any atom is -0.494 e. The number of ether oxygens (including phenoxy) is 2. The van der Waals surface area contributed by atoms with E-state index >= 15 is 0 Å². The third-order valence-electron chi connectivity index (χ3n) is 6.70. The van der Waals surface area contributed by atoms with Crippen molar-refractivity contribution < 1.29 is 14.3 Å². The quantitative estimate of drug-likeness (QED) is 0.677. The van der Waals surface area contributed by atoms with Crippen molar-refractivity contribution in [3.05, 3.63) is 42.2 Å². The summed E-state index contributed by atoms with van der Waals surface area (Å²) in [7, 11) is 1.47. The van der Waals surface area contributed by atoms with Gasteiger partial charge in [0, 0.05) is 11.8 Å². The van der Waals surface area contributed by atoms with Crippen molar-refractivity contribution in [3.8, 4) is 17.6 Å². The van der Waals surface area contributed by atoms with E-state index in [0.29, 0.717) is 16.5 Å². The van der Waals surface area contributed by atoms with Gasteiger partial charge in [0.05, 0.1) is 19.0 Å². The van der Waals surface area contributed by atoms with Crippen molar-refractivity contribution >= 4 is 34.6 Å². The van der Waals surface area contributed by atoms with Crippen molar-refractivity contribution in [3.63, 3.8) is 0 Å². The predicted octanol–water partition coefficient (Wildman–Crippen LogP) is 3.15. The maximum Gasteiger partial charge on any atom is 0.259 e. The zero-order valence-electron chi connectivity index (χ0n) is 18.4. The van der Waals surface area contributed by atoms with Gasteiger partial charge in [-0.05, 0) is 81.7 Å². The Bertz CT molecular complexity index is 1120. The Morgan fingerprint density at radius 1 is 1.21 bits per heavy atom. The van der Waals surface area contributed by atoms with Gasteiger partial charge in [0.2, 0.25) is 0 Å². The highest BCUT2D eigenvalue weighted by Gasteiger charge is 2.59. The average Bonchev–Trinajstić information content (AvgIpc) is 3.06. The lowest BCUT2D eigenvalue weighted by atomic mass is 9.75. The molecule has 0 radical (unpaired) electrons. The van der Waals surface area contributed by atoms with Gasteiger partial charge in [-0.3, -0.25) is 9.69 Å². The second-order valence-electron chi connectivity index (χ2n) is 8.56. The van der Waals surface area contributed by atoms with Gasteiger partial charge < -0.3 is 19.7 Å². The summed E-state index contributed by atoms with van der Waals surface area (Å²) in [6, 6.07) is 11.5. The molecule has 2 saturated heterocycles. The number of aromatic nitrogens is 1. The molecule has 0 bridgehead atoms. The first-order valence-corrected chi connectivity index (χ1v) is 11.6. The van der Waals surface area contributed by atoms with Crippen LogP contribution >= 0.6 is 12.2 Å². The zero-order chi connectivity index (χ0) is 23.0. The van der Waals surface area contributed by atoms with Gasteiger partial charge in [-0.1, -0.05) is 0 Å². The second-order valence-corrected chi connectivity index (χ2v) is 8.93. The molecule has 3 aliphatic rings. The molecule has 1 aromatic carbocycles. The minimum atomic E-state index is -0.685. The lowest BCUT2D eigenvalue weighted by molar-refractivity contribution is -0.123. The fourth-order valence-electron chi connectivity index (χ4n) is 4.78. The number of nitriles is 1. The summed E-state index contributed by atoms with van der Waals surface area (Å²) >= 11 is 5.82. The molecule has 0 atom stereocenters. The first-order valence-electron chi connectivity index (χ1n) is 11.2. The van der Waals surface area contributed by atoms with E-state index in [1.165, 1.54) is 18.2 Å². The number of hydrogen-bond acceptors (Lipinski definition) is 7. The number of piperidine rings is 1. The highest BCUT2D eigenvalue weighted by molar-refractivity contribution is 7.81. The van der Waals surface area contributed by atoms with Crippen molar-refractivity contribution in [1.29, 1.82) is 5.26 Å². The lowest BCUT2D eigenvalue weighted by Gasteiger charge is -2.43. The Morgan fingerprint density at radius 2 is 1.94 bits per heavy atom. The summed E-state index contributed by atoms with van der Waals surface area (Å²) in [5.41, 5.74) is 0.843. The molecule has 33 heavy (non-hydrogen) atoms. The number of nitrogens with zero attached hydrogens (tertiary/aromatic N) is 4. The number of hydrogen-bond donors (Lipinski definition) is 1. The van der Waals surface area contributed by atoms with Gasteiger partial charge in [-0.15, -0.1) is 0 Å². The van der Waals surface area contributed by atoms with E-state index in [4.69, 9.17) is 21.7 Å². The molecule has 170 valence electrons. The highest BCUT2D eigenvalue weighted by atomic mass is 32.1. The maximum atomic E-state index is 13.6. The number of methoxy groups -OCH3 is 1. The van der Waals surface area contributed by atoms with Crippen LogP contribution in [0.3, 0.4) is 0 Å².